The Kier molecular flexibility index (Phi) is 9.35. The summed E-state index contributed by atoms with van der Waals surface area (Å²) in [4.78, 5) is 24.7. The fourth-order valence-corrected chi connectivity index (χ4v) is 3.31. The minimum absolute atomic E-state index is 0. The lowest BCUT2D eigenvalue weighted by Crippen LogP contribution is -2.36. The zero-order chi connectivity index (χ0) is 20.6. The molecule has 1 aliphatic heterocycles. The number of amides is 1. The molecular weight excluding hydrogens is 491 g/mol. The molecule has 8 heteroatoms. The molecule has 162 valence electrons. The normalized spacial score (nSPS) is 13.6. The van der Waals surface area contributed by atoms with Crippen molar-refractivity contribution in [2.45, 2.75) is 25.9 Å². The summed E-state index contributed by atoms with van der Waals surface area (Å²) in [5.41, 5.74) is 2.95. The number of benzene rings is 1. The number of carbonyl (C=O) groups is 1. The number of pyridine rings is 1. The maximum Gasteiger partial charge on any atom is 0.253 e. The number of rotatable bonds is 6. The Morgan fingerprint density at radius 3 is 2.30 bits per heavy atom. The number of aromatic nitrogens is 1. The molecule has 1 aliphatic rings. The number of guanidine groups is 1. The van der Waals surface area contributed by atoms with Crippen molar-refractivity contribution in [2.75, 3.05) is 39.1 Å². The molecule has 1 fully saturated rings. The molecule has 1 saturated heterocycles. The van der Waals surface area contributed by atoms with Crippen molar-refractivity contribution in [3.05, 3.63) is 59.3 Å². The number of anilines is 1. The molecule has 0 radical (unpaired) electrons. The van der Waals surface area contributed by atoms with Crippen molar-refractivity contribution >= 4 is 41.7 Å². The minimum atomic E-state index is 0. The summed E-state index contributed by atoms with van der Waals surface area (Å²) in [7, 11) is 5.27. The van der Waals surface area contributed by atoms with Gasteiger partial charge in [0.2, 0.25) is 0 Å². The molecule has 1 aromatic carbocycles. The molecule has 0 aliphatic carbocycles. The van der Waals surface area contributed by atoms with Crippen molar-refractivity contribution in [1.29, 1.82) is 0 Å². The first-order valence-electron chi connectivity index (χ1n) is 10.0. The molecule has 3 rings (SSSR count). The molecule has 0 saturated carbocycles. The van der Waals surface area contributed by atoms with Crippen LogP contribution in [-0.2, 0) is 13.1 Å². The summed E-state index contributed by atoms with van der Waals surface area (Å²) in [6.45, 7) is 3.49. The van der Waals surface area contributed by atoms with E-state index < -0.39 is 0 Å². The number of nitrogens with one attached hydrogen (secondary N) is 2. The van der Waals surface area contributed by atoms with Gasteiger partial charge in [-0.2, -0.15) is 0 Å². The Morgan fingerprint density at radius 1 is 1.07 bits per heavy atom. The zero-order valence-electron chi connectivity index (χ0n) is 17.9. The van der Waals surface area contributed by atoms with Crippen molar-refractivity contribution in [2.24, 2.45) is 4.99 Å². The van der Waals surface area contributed by atoms with Gasteiger partial charge in [-0.25, -0.2) is 4.98 Å². The lowest BCUT2D eigenvalue weighted by Gasteiger charge is -2.17. The SMILES string of the molecule is CN=C(NCc1ccc(C(=O)N(C)C)cc1)NCc1ccnc(N2CCCC2)c1.I. The smallest absolute Gasteiger partial charge is 0.253 e. The molecule has 1 aromatic heterocycles. The Balaban J connectivity index is 0.00000320. The van der Waals surface area contributed by atoms with Gasteiger partial charge in [-0.1, -0.05) is 12.1 Å². The lowest BCUT2D eigenvalue weighted by atomic mass is 10.1. The van der Waals surface area contributed by atoms with Gasteiger partial charge < -0.3 is 20.4 Å². The average molecular weight is 522 g/mol. The van der Waals surface area contributed by atoms with Gasteiger partial charge in [-0.3, -0.25) is 9.79 Å². The Hall–Kier alpha value is -2.36. The first-order valence-corrected chi connectivity index (χ1v) is 10.0. The van der Waals surface area contributed by atoms with Crippen LogP contribution in [0.5, 0.6) is 0 Å². The summed E-state index contributed by atoms with van der Waals surface area (Å²) < 4.78 is 0. The molecular formula is C22H31IN6O. The summed E-state index contributed by atoms with van der Waals surface area (Å²) in [5.74, 6) is 1.79. The van der Waals surface area contributed by atoms with Gasteiger partial charge in [-0.15, -0.1) is 24.0 Å². The molecule has 2 heterocycles. The number of halogens is 1. The van der Waals surface area contributed by atoms with Crippen LogP contribution in [0.1, 0.15) is 34.3 Å². The van der Waals surface area contributed by atoms with Crippen LogP contribution in [0.2, 0.25) is 0 Å². The number of carbonyl (C=O) groups excluding carboxylic acids is 1. The molecule has 2 aromatic rings. The van der Waals surface area contributed by atoms with Gasteiger partial charge in [0, 0.05) is 59.1 Å². The highest BCUT2D eigenvalue weighted by atomic mass is 127. The van der Waals surface area contributed by atoms with Gasteiger partial charge in [0.25, 0.3) is 5.91 Å². The second-order valence-electron chi connectivity index (χ2n) is 7.39. The number of nitrogens with zero attached hydrogens (tertiary/aromatic N) is 4. The highest BCUT2D eigenvalue weighted by Crippen LogP contribution is 2.18. The standard InChI is InChI=1S/C22H30N6O.HI/c1-23-22(25-15-17-6-8-19(9-7-17)21(29)27(2)3)26-16-18-10-11-24-20(14-18)28-12-4-5-13-28;/h6-11,14H,4-5,12-13,15-16H2,1-3H3,(H2,23,25,26);1H. The van der Waals surface area contributed by atoms with E-state index in [9.17, 15) is 4.79 Å². The van der Waals surface area contributed by atoms with E-state index in [4.69, 9.17) is 0 Å². The Morgan fingerprint density at radius 2 is 1.70 bits per heavy atom. The third-order valence-electron chi connectivity index (χ3n) is 4.99. The maximum absolute atomic E-state index is 12.0. The third-order valence-corrected chi connectivity index (χ3v) is 4.99. The second kappa shape index (κ2) is 11.7. The lowest BCUT2D eigenvalue weighted by molar-refractivity contribution is 0.0827. The van der Waals surface area contributed by atoms with Crippen LogP contribution >= 0.6 is 24.0 Å². The fourth-order valence-electron chi connectivity index (χ4n) is 3.31. The van der Waals surface area contributed by atoms with E-state index in [0.29, 0.717) is 18.7 Å². The molecule has 0 bridgehead atoms. The molecule has 30 heavy (non-hydrogen) atoms. The van der Waals surface area contributed by atoms with Gasteiger partial charge in [0.1, 0.15) is 5.82 Å². The second-order valence-corrected chi connectivity index (χ2v) is 7.39. The van der Waals surface area contributed by atoms with Gasteiger partial charge >= 0.3 is 0 Å². The van der Waals surface area contributed by atoms with E-state index in [2.05, 4.69) is 31.6 Å². The molecule has 2 N–H and O–H groups in total. The number of aliphatic imine (C=N–C) groups is 1. The number of hydrogen-bond acceptors (Lipinski definition) is 4. The summed E-state index contributed by atoms with van der Waals surface area (Å²) in [6.07, 6.45) is 4.35. The third kappa shape index (κ3) is 6.58. The Bertz CT molecular complexity index is 847. The van der Waals surface area contributed by atoms with Crippen LogP contribution < -0.4 is 15.5 Å². The van der Waals surface area contributed by atoms with Crippen LogP contribution in [0.3, 0.4) is 0 Å². The van der Waals surface area contributed by atoms with E-state index in [1.165, 1.54) is 18.4 Å². The van der Waals surface area contributed by atoms with Crippen LogP contribution in [0.25, 0.3) is 0 Å². The quantitative estimate of drug-likeness (QED) is 0.347. The summed E-state index contributed by atoms with van der Waals surface area (Å²) in [6, 6.07) is 11.8. The molecule has 7 nitrogen and oxygen atoms in total. The van der Waals surface area contributed by atoms with Crippen LogP contribution in [0.4, 0.5) is 5.82 Å². The van der Waals surface area contributed by atoms with Crippen molar-refractivity contribution in [3.63, 3.8) is 0 Å². The van der Waals surface area contributed by atoms with Crippen molar-refractivity contribution in [3.8, 4) is 0 Å². The van der Waals surface area contributed by atoms with E-state index in [-0.39, 0.29) is 29.9 Å². The monoisotopic (exact) mass is 522 g/mol. The number of hydrogen-bond donors (Lipinski definition) is 2. The maximum atomic E-state index is 12.0. The van der Waals surface area contributed by atoms with E-state index in [0.717, 1.165) is 30.4 Å². The van der Waals surface area contributed by atoms with Crippen LogP contribution in [0, 0.1) is 0 Å². The van der Waals surface area contributed by atoms with E-state index >= 15 is 0 Å². The highest BCUT2D eigenvalue weighted by molar-refractivity contribution is 14.0. The highest BCUT2D eigenvalue weighted by Gasteiger charge is 2.13. The fraction of sp³-hybridized carbons (Fsp3) is 0.409. The average Bonchev–Trinajstić information content (AvgIpc) is 3.29. The topological polar surface area (TPSA) is 72.9 Å². The molecule has 0 spiro atoms. The molecule has 1 amide bonds. The molecule has 0 unspecified atom stereocenters. The summed E-state index contributed by atoms with van der Waals surface area (Å²) >= 11 is 0. The van der Waals surface area contributed by atoms with E-state index in [1.54, 1.807) is 26.0 Å². The first-order chi connectivity index (χ1) is 14.1. The van der Waals surface area contributed by atoms with Crippen molar-refractivity contribution in [1.82, 2.24) is 20.5 Å². The minimum Gasteiger partial charge on any atom is -0.357 e. The Labute approximate surface area is 196 Å². The van der Waals surface area contributed by atoms with Crippen molar-refractivity contribution < 1.29 is 4.79 Å². The largest absolute Gasteiger partial charge is 0.357 e. The van der Waals surface area contributed by atoms with Gasteiger partial charge in [0.15, 0.2) is 5.96 Å². The predicted molar refractivity (Wildman–Crippen MR) is 133 cm³/mol. The van der Waals surface area contributed by atoms with Crippen LogP contribution in [-0.4, -0.2) is 56.0 Å². The van der Waals surface area contributed by atoms with Crippen LogP contribution in [0.15, 0.2) is 47.6 Å². The molecule has 0 atom stereocenters. The van der Waals surface area contributed by atoms with E-state index in [1.807, 2.05) is 36.5 Å². The van der Waals surface area contributed by atoms with Gasteiger partial charge in [-0.05, 0) is 48.2 Å². The zero-order valence-corrected chi connectivity index (χ0v) is 20.2. The first kappa shape index (κ1) is 23.9. The van der Waals surface area contributed by atoms with Gasteiger partial charge in [0.05, 0.1) is 0 Å². The summed E-state index contributed by atoms with van der Waals surface area (Å²) in [5, 5.41) is 6.66. The predicted octanol–water partition coefficient (Wildman–Crippen LogP) is 2.87.